The largest absolute Gasteiger partial charge is 0.425 e. The van der Waals surface area contributed by atoms with Crippen molar-refractivity contribution >= 4 is 34.0 Å². The van der Waals surface area contributed by atoms with Gasteiger partial charge in [-0.2, -0.15) is 0 Å². The maximum absolute atomic E-state index is 5.34. The van der Waals surface area contributed by atoms with E-state index in [1.807, 2.05) is 18.2 Å². The second-order valence-corrected chi connectivity index (χ2v) is 3.12. The number of benzene rings is 1. The van der Waals surface area contributed by atoms with Crippen molar-refractivity contribution in [1.82, 2.24) is 0 Å². The van der Waals surface area contributed by atoms with Gasteiger partial charge in [0.2, 0.25) is 0 Å². The second kappa shape index (κ2) is 2.97. The molecule has 2 nitrogen and oxygen atoms in total. The average Bonchev–Trinajstić information content (AvgIpc) is 2.46. The normalized spacial score (nSPS) is 10.5. The summed E-state index contributed by atoms with van der Waals surface area (Å²) in [6.07, 6.45) is 0. The van der Waals surface area contributed by atoms with E-state index in [9.17, 15) is 0 Å². The van der Waals surface area contributed by atoms with Crippen molar-refractivity contribution in [2.45, 2.75) is 6.92 Å². The monoisotopic (exact) mass is 274 g/mol. The Morgan fingerprint density at radius 2 is 2.17 bits per heavy atom. The molecule has 0 N–H and O–H groups in total. The molecule has 0 aliphatic carbocycles. The van der Waals surface area contributed by atoms with Gasteiger partial charge in [-0.05, 0) is 19.1 Å². The summed E-state index contributed by atoms with van der Waals surface area (Å²) in [5, 5.41) is 1.08. The lowest BCUT2D eigenvalue weighted by molar-refractivity contribution is 0.473. The Balaban J connectivity index is 2.67. The van der Waals surface area contributed by atoms with E-state index in [2.05, 4.69) is 13.0 Å². The molecule has 1 aromatic heterocycles. The first-order valence-corrected chi connectivity index (χ1v) is 4.46. The molecule has 0 unspecified atom stereocenters. The fourth-order valence-electron chi connectivity index (χ4n) is 1.18. The molecule has 12 heavy (non-hydrogen) atoms. The summed E-state index contributed by atoms with van der Waals surface area (Å²) in [6.45, 7) is 2.05. The topological polar surface area (TPSA) is 22.4 Å². The zero-order valence-corrected chi connectivity index (χ0v) is 8.66. The minimum Gasteiger partial charge on any atom is -0.425 e. The Kier molecular flexibility index (Phi) is 1.96. The molecule has 0 radical (unpaired) electrons. The van der Waals surface area contributed by atoms with Crippen LogP contribution in [0.2, 0.25) is 0 Å². The van der Waals surface area contributed by atoms with E-state index >= 15 is 0 Å². The molecule has 0 aliphatic rings. The molecular weight excluding hydrogens is 267 g/mol. The number of aryl methyl sites for hydroxylation is 1. The van der Waals surface area contributed by atoms with E-state index in [-0.39, 0.29) is 0 Å². The van der Waals surface area contributed by atoms with Crippen molar-refractivity contribution in [1.29, 1.82) is 0 Å². The van der Waals surface area contributed by atoms with Crippen LogP contribution in [0.5, 0.6) is 5.95 Å². The molecule has 3 heteroatoms. The molecule has 0 fully saturated rings. The fraction of sp³-hybridized carbons (Fsp3) is 0.111. The highest BCUT2D eigenvalue weighted by atomic mass is 127. The second-order valence-electron chi connectivity index (χ2n) is 2.68. The van der Waals surface area contributed by atoms with Crippen molar-refractivity contribution in [2.75, 3.05) is 0 Å². The standard InChI is InChI=1S/C9H7IO2/c1-6-2-3-8-7(4-6)5-9(11-8)12-10/h2-5H,1H3. The van der Waals surface area contributed by atoms with Gasteiger partial charge in [-0.1, -0.05) is 11.6 Å². The van der Waals surface area contributed by atoms with Crippen molar-refractivity contribution in [3.63, 3.8) is 0 Å². The maximum atomic E-state index is 5.34. The first-order chi connectivity index (χ1) is 5.79. The zero-order valence-electron chi connectivity index (χ0n) is 6.50. The summed E-state index contributed by atoms with van der Waals surface area (Å²) < 4.78 is 10.3. The Morgan fingerprint density at radius 3 is 2.92 bits per heavy atom. The SMILES string of the molecule is Cc1ccc2oc(OI)cc2c1. The smallest absolute Gasteiger partial charge is 0.295 e. The third-order valence-corrected chi connectivity index (χ3v) is 2.16. The van der Waals surface area contributed by atoms with E-state index < -0.39 is 0 Å². The highest BCUT2D eigenvalue weighted by Crippen LogP contribution is 2.26. The van der Waals surface area contributed by atoms with Gasteiger partial charge < -0.3 is 7.48 Å². The third-order valence-electron chi connectivity index (χ3n) is 1.73. The first kappa shape index (κ1) is 7.91. The Bertz CT molecular complexity index is 406. The minimum atomic E-state index is 0.552. The number of furan rings is 1. The number of hydrogen-bond acceptors (Lipinski definition) is 2. The Labute approximate surface area is 84.2 Å². The predicted octanol–water partition coefficient (Wildman–Crippen LogP) is 3.47. The van der Waals surface area contributed by atoms with Gasteiger partial charge in [0.25, 0.3) is 5.95 Å². The number of halogens is 1. The van der Waals surface area contributed by atoms with Crippen LogP contribution in [0.4, 0.5) is 0 Å². The lowest BCUT2D eigenvalue weighted by Crippen LogP contribution is -1.67. The summed E-state index contributed by atoms with van der Waals surface area (Å²) in [7, 11) is 0. The summed E-state index contributed by atoms with van der Waals surface area (Å²) >= 11 is 1.80. The van der Waals surface area contributed by atoms with Crippen LogP contribution in [0.1, 0.15) is 5.56 Å². The van der Waals surface area contributed by atoms with E-state index in [0.29, 0.717) is 5.95 Å². The van der Waals surface area contributed by atoms with Crippen LogP contribution in [0.3, 0.4) is 0 Å². The van der Waals surface area contributed by atoms with Gasteiger partial charge in [-0.3, -0.25) is 0 Å². The molecule has 0 saturated heterocycles. The molecule has 2 rings (SSSR count). The maximum Gasteiger partial charge on any atom is 0.295 e. The highest BCUT2D eigenvalue weighted by Gasteiger charge is 2.02. The molecular formula is C9H7IO2. The lowest BCUT2D eigenvalue weighted by atomic mass is 10.2. The highest BCUT2D eigenvalue weighted by molar-refractivity contribution is 14.1. The van der Waals surface area contributed by atoms with E-state index in [1.165, 1.54) is 5.56 Å². The lowest BCUT2D eigenvalue weighted by Gasteiger charge is -1.88. The minimum absolute atomic E-state index is 0.552. The number of hydrogen-bond donors (Lipinski definition) is 0. The van der Waals surface area contributed by atoms with Crippen LogP contribution < -0.4 is 3.07 Å². The average molecular weight is 274 g/mol. The zero-order chi connectivity index (χ0) is 8.55. The summed E-state index contributed by atoms with van der Waals surface area (Å²) in [5.74, 6) is 0.552. The van der Waals surface area contributed by atoms with Gasteiger partial charge in [-0.25, -0.2) is 0 Å². The van der Waals surface area contributed by atoms with Gasteiger partial charge in [0.15, 0.2) is 23.0 Å². The Hall–Kier alpha value is -0.710. The third kappa shape index (κ3) is 1.29. The van der Waals surface area contributed by atoms with Gasteiger partial charge in [0.05, 0.1) is 0 Å². The van der Waals surface area contributed by atoms with Crippen molar-refractivity contribution in [3.8, 4) is 5.95 Å². The predicted molar refractivity (Wildman–Crippen MR) is 55.6 cm³/mol. The molecule has 0 amide bonds. The molecule has 1 heterocycles. The summed E-state index contributed by atoms with van der Waals surface area (Å²) in [4.78, 5) is 0. The quantitative estimate of drug-likeness (QED) is 0.743. The molecule has 2 aromatic rings. The molecule has 0 spiro atoms. The molecule has 62 valence electrons. The number of rotatable bonds is 1. The van der Waals surface area contributed by atoms with Gasteiger partial charge in [-0.15, -0.1) is 0 Å². The van der Waals surface area contributed by atoms with Crippen molar-refractivity contribution in [3.05, 3.63) is 29.8 Å². The van der Waals surface area contributed by atoms with Crippen LogP contribution >= 0.6 is 23.0 Å². The van der Waals surface area contributed by atoms with Gasteiger partial charge in [0, 0.05) is 11.5 Å². The molecule has 0 aliphatic heterocycles. The van der Waals surface area contributed by atoms with E-state index in [1.54, 1.807) is 23.0 Å². The molecule has 1 aromatic carbocycles. The molecule has 0 bridgehead atoms. The number of fused-ring (bicyclic) bond motifs is 1. The van der Waals surface area contributed by atoms with Crippen molar-refractivity contribution in [2.24, 2.45) is 0 Å². The summed E-state index contributed by atoms with van der Waals surface area (Å²) in [5.41, 5.74) is 2.09. The summed E-state index contributed by atoms with van der Waals surface area (Å²) in [6, 6.07) is 7.92. The van der Waals surface area contributed by atoms with Crippen LogP contribution in [0.15, 0.2) is 28.7 Å². The van der Waals surface area contributed by atoms with Crippen LogP contribution in [-0.2, 0) is 0 Å². The van der Waals surface area contributed by atoms with Gasteiger partial charge >= 0.3 is 0 Å². The van der Waals surface area contributed by atoms with Gasteiger partial charge in [0.1, 0.15) is 5.58 Å². The van der Waals surface area contributed by atoms with E-state index in [0.717, 1.165) is 11.0 Å². The van der Waals surface area contributed by atoms with Crippen LogP contribution in [-0.4, -0.2) is 0 Å². The Morgan fingerprint density at radius 1 is 1.33 bits per heavy atom. The first-order valence-electron chi connectivity index (χ1n) is 3.58. The van der Waals surface area contributed by atoms with E-state index in [4.69, 9.17) is 7.48 Å². The van der Waals surface area contributed by atoms with Crippen LogP contribution in [0, 0.1) is 6.92 Å². The molecule has 0 atom stereocenters. The fourth-order valence-corrected chi connectivity index (χ4v) is 1.39. The van der Waals surface area contributed by atoms with Crippen molar-refractivity contribution < 1.29 is 7.48 Å². The molecule has 0 saturated carbocycles. The van der Waals surface area contributed by atoms with Crippen LogP contribution in [0.25, 0.3) is 11.0 Å².